The van der Waals surface area contributed by atoms with Gasteiger partial charge in [0.25, 0.3) is 0 Å². The molecule has 2 aliphatic heterocycles. The molecule has 0 spiro atoms. The van der Waals surface area contributed by atoms with E-state index in [-0.39, 0.29) is 17.0 Å². The van der Waals surface area contributed by atoms with Crippen LogP contribution in [0.4, 0.5) is 0 Å². The molecule has 0 aliphatic carbocycles. The second-order valence-electron chi connectivity index (χ2n) is 7.85. The van der Waals surface area contributed by atoms with Crippen LogP contribution in [0.25, 0.3) is 0 Å². The van der Waals surface area contributed by atoms with Gasteiger partial charge in [-0.05, 0) is 39.2 Å². The highest BCUT2D eigenvalue weighted by Crippen LogP contribution is 2.46. The molecular formula is C26H21BrN2O3S2. The first kappa shape index (κ1) is 23.2. The van der Waals surface area contributed by atoms with Gasteiger partial charge in [0.15, 0.2) is 6.10 Å². The molecule has 8 heteroatoms. The van der Waals surface area contributed by atoms with Gasteiger partial charge in [-0.15, -0.1) is 11.8 Å². The summed E-state index contributed by atoms with van der Waals surface area (Å²) in [4.78, 5) is 29.7. The lowest BCUT2D eigenvalue weighted by atomic mass is 10.0. The molecular weight excluding hydrogens is 532 g/mol. The summed E-state index contributed by atoms with van der Waals surface area (Å²) in [7, 11) is 0. The maximum absolute atomic E-state index is 13.7. The highest BCUT2D eigenvalue weighted by atomic mass is 79.9. The average Bonchev–Trinajstić information content (AvgIpc) is 2.88. The van der Waals surface area contributed by atoms with E-state index >= 15 is 0 Å². The second-order valence-corrected chi connectivity index (χ2v) is 10.9. The summed E-state index contributed by atoms with van der Waals surface area (Å²) in [5.74, 6) is -0.219. The van der Waals surface area contributed by atoms with Crippen LogP contribution in [0.3, 0.4) is 0 Å². The van der Waals surface area contributed by atoms with Crippen LogP contribution in [-0.2, 0) is 14.3 Å². The quantitative estimate of drug-likeness (QED) is 0.329. The van der Waals surface area contributed by atoms with E-state index in [9.17, 15) is 9.59 Å². The van der Waals surface area contributed by atoms with Crippen molar-refractivity contribution in [3.63, 3.8) is 0 Å². The summed E-state index contributed by atoms with van der Waals surface area (Å²) in [5.41, 5.74) is 8.04. The predicted molar refractivity (Wildman–Crippen MR) is 139 cm³/mol. The van der Waals surface area contributed by atoms with Crippen LogP contribution in [0.5, 0.6) is 0 Å². The van der Waals surface area contributed by atoms with Crippen LogP contribution in [0.1, 0.15) is 17.2 Å². The van der Waals surface area contributed by atoms with E-state index in [1.54, 1.807) is 11.8 Å². The molecule has 3 aromatic carbocycles. The Labute approximate surface area is 214 Å². The third-order valence-corrected chi connectivity index (χ3v) is 9.26. The van der Waals surface area contributed by atoms with Gasteiger partial charge in [-0.3, -0.25) is 9.69 Å². The number of nitrogens with zero attached hydrogens (tertiary/aromatic N) is 1. The van der Waals surface area contributed by atoms with Crippen molar-refractivity contribution < 1.29 is 14.3 Å². The summed E-state index contributed by atoms with van der Waals surface area (Å²) < 4.78 is 7.05. The van der Waals surface area contributed by atoms with Crippen molar-refractivity contribution in [1.82, 2.24) is 4.90 Å². The second kappa shape index (κ2) is 10.00. The minimum atomic E-state index is -0.609. The van der Waals surface area contributed by atoms with Crippen LogP contribution >= 0.6 is 39.5 Å². The maximum atomic E-state index is 13.7. The molecule has 0 radical (unpaired) electrons. The molecule has 3 aromatic rings. The number of fused-ring (bicyclic) bond motifs is 1. The number of benzene rings is 3. The normalized spacial score (nSPS) is 19.6. The van der Waals surface area contributed by atoms with Crippen molar-refractivity contribution in [3.05, 3.63) is 111 Å². The number of thioether (sulfide) groups is 2. The van der Waals surface area contributed by atoms with Gasteiger partial charge in [0.05, 0.1) is 0 Å². The number of ether oxygens (including phenoxy) is 1. The van der Waals surface area contributed by atoms with Crippen molar-refractivity contribution >= 4 is 51.3 Å². The van der Waals surface area contributed by atoms with E-state index < -0.39 is 18.1 Å². The lowest BCUT2D eigenvalue weighted by Crippen LogP contribution is -2.68. The van der Waals surface area contributed by atoms with E-state index in [4.69, 9.17) is 10.5 Å². The van der Waals surface area contributed by atoms with E-state index in [0.717, 1.165) is 25.4 Å². The van der Waals surface area contributed by atoms with E-state index in [1.807, 2.05) is 84.9 Å². The molecule has 0 aromatic heterocycles. The molecule has 1 fully saturated rings. The molecule has 0 bridgehead atoms. The minimum absolute atomic E-state index is 0.259. The number of hydrogen-bond acceptors (Lipinski definition) is 6. The van der Waals surface area contributed by atoms with E-state index in [0.29, 0.717) is 5.75 Å². The van der Waals surface area contributed by atoms with E-state index in [1.165, 1.54) is 16.7 Å². The topological polar surface area (TPSA) is 72.6 Å². The summed E-state index contributed by atoms with van der Waals surface area (Å²) in [6.07, 6.45) is -0.602. The molecule has 172 valence electrons. The van der Waals surface area contributed by atoms with Crippen LogP contribution in [0, 0.1) is 0 Å². The Morgan fingerprint density at radius 3 is 2.21 bits per heavy atom. The first-order valence-electron chi connectivity index (χ1n) is 10.7. The molecule has 1 amide bonds. The van der Waals surface area contributed by atoms with Gasteiger partial charge in [0.2, 0.25) is 5.91 Å². The largest absolute Gasteiger partial charge is 0.448 e. The van der Waals surface area contributed by atoms with Gasteiger partial charge in [-0.25, -0.2) is 4.79 Å². The van der Waals surface area contributed by atoms with Crippen LogP contribution in [-0.4, -0.2) is 33.9 Å². The Hall–Kier alpha value is -2.52. The number of nitrogens with two attached hydrogens (primary N) is 1. The van der Waals surface area contributed by atoms with Crippen LogP contribution in [0.15, 0.2) is 105 Å². The summed E-state index contributed by atoms with van der Waals surface area (Å²) in [6, 6.07) is 26.4. The SMILES string of the molecule is N[C@@H]1C(=O)N2C(C(=O)OC(c3ccccc3)c3ccccc3)=C(Sc3ccccc3Br)CS[C@H]12. The summed E-state index contributed by atoms with van der Waals surface area (Å²) in [5, 5.41) is -0.259. The zero-order chi connectivity index (χ0) is 23.7. The zero-order valence-electron chi connectivity index (χ0n) is 18.0. The number of halogens is 1. The molecule has 2 heterocycles. The number of esters is 1. The lowest BCUT2D eigenvalue weighted by molar-refractivity contribution is -0.152. The van der Waals surface area contributed by atoms with Crippen molar-refractivity contribution in [1.29, 1.82) is 0 Å². The molecule has 5 rings (SSSR count). The first-order valence-corrected chi connectivity index (χ1v) is 13.4. The standard InChI is InChI=1S/C26H21BrN2O3S2/c27-18-13-7-8-14-19(18)34-20-15-33-25-21(28)24(30)29(25)22(20)26(31)32-23(16-9-3-1-4-10-16)17-11-5-2-6-12-17/h1-14,21,23,25H,15,28H2/t21-,25-/m1/s1. The molecule has 5 nitrogen and oxygen atoms in total. The van der Waals surface area contributed by atoms with Gasteiger partial charge >= 0.3 is 5.97 Å². The molecule has 2 aliphatic rings. The van der Waals surface area contributed by atoms with Gasteiger partial charge in [-0.1, -0.05) is 84.6 Å². The van der Waals surface area contributed by atoms with Crippen LogP contribution in [0.2, 0.25) is 0 Å². The lowest BCUT2D eigenvalue weighted by Gasteiger charge is -2.48. The number of amides is 1. The molecule has 2 atom stereocenters. The summed E-state index contributed by atoms with van der Waals surface area (Å²) >= 11 is 6.61. The fourth-order valence-electron chi connectivity index (χ4n) is 3.96. The summed E-state index contributed by atoms with van der Waals surface area (Å²) in [6.45, 7) is 0. The number of carbonyl (C=O) groups excluding carboxylic acids is 2. The molecule has 2 N–H and O–H groups in total. The number of carbonyl (C=O) groups is 2. The van der Waals surface area contributed by atoms with Gasteiger partial charge < -0.3 is 10.5 Å². The molecule has 0 unspecified atom stereocenters. The van der Waals surface area contributed by atoms with E-state index in [2.05, 4.69) is 15.9 Å². The van der Waals surface area contributed by atoms with Crippen molar-refractivity contribution in [2.75, 3.05) is 5.75 Å². The highest BCUT2D eigenvalue weighted by molar-refractivity contribution is 9.10. The Bertz CT molecular complexity index is 1210. The highest BCUT2D eigenvalue weighted by Gasteiger charge is 2.52. The molecule has 1 saturated heterocycles. The Balaban J connectivity index is 1.53. The van der Waals surface area contributed by atoms with Crippen molar-refractivity contribution in [2.24, 2.45) is 5.73 Å². The monoisotopic (exact) mass is 552 g/mol. The van der Waals surface area contributed by atoms with Gasteiger partial charge in [0, 0.05) is 20.0 Å². The van der Waals surface area contributed by atoms with Crippen molar-refractivity contribution in [2.45, 2.75) is 22.4 Å². The maximum Gasteiger partial charge on any atom is 0.356 e. The number of β-lactam (4-membered cyclic amide) rings is 1. The Morgan fingerprint density at radius 2 is 1.59 bits per heavy atom. The number of rotatable bonds is 6. The Kier molecular flexibility index (Phi) is 6.83. The minimum Gasteiger partial charge on any atom is -0.448 e. The molecule has 0 saturated carbocycles. The van der Waals surface area contributed by atoms with Crippen molar-refractivity contribution in [3.8, 4) is 0 Å². The third-order valence-electron chi connectivity index (χ3n) is 5.67. The average molecular weight is 554 g/mol. The predicted octanol–water partition coefficient (Wildman–Crippen LogP) is 5.33. The zero-order valence-corrected chi connectivity index (χ0v) is 21.2. The van der Waals surface area contributed by atoms with Crippen LogP contribution < -0.4 is 5.73 Å². The third kappa shape index (κ3) is 4.43. The first-order chi connectivity index (χ1) is 16.5. The fourth-order valence-corrected chi connectivity index (χ4v) is 6.93. The Morgan fingerprint density at radius 1 is 1.00 bits per heavy atom. The smallest absolute Gasteiger partial charge is 0.356 e. The fraction of sp³-hybridized carbons (Fsp3) is 0.154. The number of hydrogen-bond donors (Lipinski definition) is 1. The molecule has 34 heavy (non-hydrogen) atoms. The van der Waals surface area contributed by atoms with Gasteiger partial charge in [-0.2, -0.15) is 0 Å². The van der Waals surface area contributed by atoms with Gasteiger partial charge in [0.1, 0.15) is 17.1 Å².